The summed E-state index contributed by atoms with van der Waals surface area (Å²) < 4.78 is 39.7. The van der Waals surface area contributed by atoms with Crippen LogP contribution < -0.4 is 5.32 Å². The van der Waals surface area contributed by atoms with Crippen LogP contribution in [0, 0.1) is 10.1 Å². The number of nitrogens with zero attached hydrogens (tertiary/aromatic N) is 3. The molecule has 2 aromatic heterocycles. The number of imidazole rings is 1. The second-order valence-corrected chi connectivity index (χ2v) is 5.17. The Morgan fingerprint density at radius 2 is 2.21 bits per heavy atom. The molecule has 0 radical (unpaired) electrons. The van der Waals surface area contributed by atoms with Crippen LogP contribution in [0.15, 0.2) is 11.6 Å². The van der Waals surface area contributed by atoms with Crippen molar-refractivity contribution in [3.8, 4) is 0 Å². The molecule has 0 atom stereocenters. The molecule has 2 aromatic rings. The van der Waals surface area contributed by atoms with Gasteiger partial charge in [-0.1, -0.05) is 11.3 Å². The third kappa shape index (κ3) is 1.74. The Balaban J connectivity index is 2.04. The first-order valence-electron chi connectivity index (χ1n) is 5.29. The predicted octanol–water partition coefficient (Wildman–Crippen LogP) is 2.81. The molecule has 3 rings (SSSR count). The number of anilines is 1. The van der Waals surface area contributed by atoms with Crippen LogP contribution in [0.25, 0.3) is 4.96 Å². The molecule has 0 aromatic carbocycles. The van der Waals surface area contributed by atoms with Gasteiger partial charge in [0.1, 0.15) is 11.7 Å². The molecule has 0 saturated heterocycles. The Morgan fingerprint density at radius 3 is 2.74 bits per heavy atom. The fourth-order valence-electron chi connectivity index (χ4n) is 1.86. The molecule has 1 saturated carbocycles. The minimum Gasteiger partial charge on any atom is -0.358 e. The van der Waals surface area contributed by atoms with Crippen molar-refractivity contribution in [1.82, 2.24) is 9.38 Å². The number of nitrogens with one attached hydrogen (secondary N) is 1. The molecule has 0 aliphatic heterocycles. The molecular weight excluding hydrogens is 285 g/mol. The van der Waals surface area contributed by atoms with E-state index in [1.54, 1.807) is 5.38 Å². The standard InChI is InChI=1S/C9H7F3N4O2S/c10-9(11,12)8(1-2-8)14-5-6(16(17)18)15-3-4-19-7(15)13-5/h3-4,14H,1-2H2. The molecule has 0 bridgehead atoms. The third-order valence-electron chi connectivity index (χ3n) is 3.06. The first-order valence-corrected chi connectivity index (χ1v) is 6.17. The van der Waals surface area contributed by atoms with E-state index in [0.29, 0.717) is 0 Å². The van der Waals surface area contributed by atoms with Crippen molar-refractivity contribution in [3.05, 3.63) is 21.7 Å². The number of thiazole rings is 1. The zero-order valence-corrected chi connectivity index (χ0v) is 10.1. The highest BCUT2D eigenvalue weighted by Crippen LogP contribution is 2.51. The van der Waals surface area contributed by atoms with Gasteiger partial charge >= 0.3 is 12.0 Å². The average molecular weight is 292 g/mol. The second-order valence-electron chi connectivity index (χ2n) is 4.30. The Labute approximate surface area is 108 Å². The van der Waals surface area contributed by atoms with Gasteiger partial charge in [-0.3, -0.25) is 0 Å². The Morgan fingerprint density at radius 1 is 1.53 bits per heavy atom. The number of hydrogen-bond donors (Lipinski definition) is 1. The molecule has 19 heavy (non-hydrogen) atoms. The quantitative estimate of drug-likeness (QED) is 0.697. The van der Waals surface area contributed by atoms with Crippen molar-refractivity contribution >= 4 is 27.9 Å². The van der Waals surface area contributed by atoms with Crippen LogP contribution in [-0.4, -0.2) is 26.0 Å². The van der Waals surface area contributed by atoms with Gasteiger partial charge in [0.15, 0.2) is 0 Å². The van der Waals surface area contributed by atoms with E-state index in [1.165, 1.54) is 10.6 Å². The first-order chi connectivity index (χ1) is 8.84. The molecule has 1 N–H and O–H groups in total. The van der Waals surface area contributed by atoms with Crippen molar-refractivity contribution in [1.29, 1.82) is 0 Å². The van der Waals surface area contributed by atoms with Crippen molar-refractivity contribution in [2.45, 2.75) is 24.6 Å². The number of alkyl halides is 3. The van der Waals surface area contributed by atoms with Crippen LogP contribution >= 0.6 is 11.3 Å². The van der Waals surface area contributed by atoms with Crippen molar-refractivity contribution in [3.63, 3.8) is 0 Å². The minimum absolute atomic E-state index is 0.0984. The summed E-state index contributed by atoms with van der Waals surface area (Å²) in [5.41, 5.74) is -2.07. The van der Waals surface area contributed by atoms with Crippen LogP contribution in [0.1, 0.15) is 12.8 Å². The van der Waals surface area contributed by atoms with Gasteiger partial charge in [0.05, 0.1) is 0 Å². The predicted molar refractivity (Wildman–Crippen MR) is 61.4 cm³/mol. The number of aromatic nitrogens is 2. The fourth-order valence-corrected chi connectivity index (χ4v) is 2.57. The first kappa shape index (κ1) is 12.2. The number of fused-ring (bicyclic) bond motifs is 1. The average Bonchev–Trinajstić information content (AvgIpc) is 2.78. The smallest absolute Gasteiger partial charge is 0.358 e. The van der Waals surface area contributed by atoms with Gasteiger partial charge in [-0.05, 0) is 17.8 Å². The Bertz CT molecular complexity index is 658. The highest BCUT2D eigenvalue weighted by atomic mass is 32.1. The Hall–Kier alpha value is -1.84. The minimum atomic E-state index is -4.45. The summed E-state index contributed by atoms with van der Waals surface area (Å²) in [7, 11) is 0. The normalized spacial score (nSPS) is 17.6. The van der Waals surface area contributed by atoms with E-state index < -0.39 is 22.5 Å². The molecule has 1 fully saturated rings. The summed E-state index contributed by atoms with van der Waals surface area (Å²) in [5.74, 6) is -0.793. The van der Waals surface area contributed by atoms with Gasteiger partial charge in [0.25, 0.3) is 4.96 Å². The lowest BCUT2D eigenvalue weighted by Gasteiger charge is -2.19. The SMILES string of the molecule is O=[N+]([O-])c1c(NC2(C(F)(F)F)CC2)nc2sccn12. The highest BCUT2D eigenvalue weighted by molar-refractivity contribution is 7.15. The molecule has 1 aliphatic rings. The van der Waals surface area contributed by atoms with Crippen LogP contribution in [-0.2, 0) is 0 Å². The van der Waals surface area contributed by atoms with E-state index in [-0.39, 0.29) is 23.6 Å². The van der Waals surface area contributed by atoms with E-state index in [9.17, 15) is 23.3 Å². The summed E-state index contributed by atoms with van der Waals surface area (Å²) in [6.07, 6.45) is -3.24. The summed E-state index contributed by atoms with van der Waals surface area (Å²) >= 11 is 1.12. The number of hydrogen-bond acceptors (Lipinski definition) is 5. The van der Waals surface area contributed by atoms with Gasteiger partial charge in [-0.2, -0.15) is 22.6 Å². The molecule has 0 spiro atoms. The maximum atomic E-state index is 12.8. The number of halogens is 3. The molecule has 10 heteroatoms. The maximum Gasteiger partial charge on any atom is 0.411 e. The van der Waals surface area contributed by atoms with Crippen molar-refractivity contribution in [2.24, 2.45) is 0 Å². The summed E-state index contributed by atoms with van der Waals surface area (Å²) in [6.45, 7) is 0. The molecule has 0 amide bonds. The molecule has 0 unspecified atom stereocenters. The lowest BCUT2D eigenvalue weighted by atomic mass is 10.2. The monoisotopic (exact) mass is 292 g/mol. The van der Waals surface area contributed by atoms with Gasteiger partial charge in [0, 0.05) is 5.38 Å². The van der Waals surface area contributed by atoms with E-state index >= 15 is 0 Å². The third-order valence-corrected chi connectivity index (χ3v) is 3.82. The highest BCUT2D eigenvalue weighted by Gasteiger charge is 2.64. The summed E-state index contributed by atoms with van der Waals surface area (Å²) in [4.78, 5) is 14.4. The molecule has 102 valence electrons. The van der Waals surface area contributed by atoms with Gasteiger partial charge < -0.3 is 15.4 Å². The fraction of sp³-hybridized carbons (Fsp3) is 0.444. The number of rotatable bonds is 3. The topological polar surface area (TPSA) is 72.5 Å². The maximum absolute atomic E-state index is 12.8. The number of nitro groups is 1. The van der Waals surface area contributed by atoms with Crippen LogP contribution in [0.4, 0.5) is 24.8 Å². The van der Waals surface area contributed by atoms with Crippen molar-refractivity contribution in [2.75, 3.05) is 5.32 Å². The van der Waals surface area contributed by atoms with Crippen LogP contribution in [0.5, 0.6) is 0 Å². The zero-order chi connectivity index (χ0) is 13.8. The van der Waals surface area contributed by atoms with E-state index in [4.69, 9.17) is 0 Å². The lowest BCUT2D eigenvalue weighted by molar-refractivity contribution is -0.389. The second kappa shape index (κ2) is 3.59. The molecule has 2 heterocycles. The van der Waals surface area contributed by atoms with Gasteiger partial charge in [-0.25, -0.2) is 0 Å². The van der Waals surface area contributed by atoms with E-state index in [0.717, 1.165) is 11.3 Å². The van der Waals surface area contributed by atoms with Gasteiger partial charge in [-0.15, -0.1) is 0 Å². The summed E-state index contributed by atoms with van der Waals surface area (Å²) in [6, 6.07) is 0. The lowest BCUT2D eigenvalue weighted by Crippen LogP contribution is -2.38. The largest absolute Gasteiger partial charge is 0.411 e. The van der Waals surface area contributed by atoms with E-state index in [1.807, 2.05) is 0 Å². The molecule has 1 aliphatic carbocycles. The zero-order valence-electron chi connectivity index (χ0n) is 9.27. The van der Waals surface area contributed by atoms with Crippen LogP contribution in [0.2, 0.25) is 0 Å². The van der Waals surface area contributed by atoms with Crippen LogP contribution in [0.3, 0.4) is 0 Å². The summed E-state index contributed by atoms with van der Waals surface area (Å²) in [5, 5.41) is 14.8. The van der Waals surface area contributed by atoms with Gasteiger partial charge in [0.2, 0.25) is 5.82 Å². The Kier molecular flexibility index (Phi) is 2.31. The molecule has 6 nitrogen and oxygen atoms in total. The van der Waals surface area contributed by atoms with Crippen molar-refractivity contribution < 1.29 is 18.1 Å². The van der Waals surface area contributed by atoms with E-state index in [2.05, 4.69) is 10.3 Å². The molecular formula is C9H7F3N4O2S.